The quantitative estimate of drug-likeness (QED) is 0.534. The van der Waals surface area contributed by atoms with Crippen LogP contribution in [0.4, 0.5) is 5.69 Å². The lowest BCUT2D eigenvalue weighted by Crippen LogP contribution is -2.32. The van der Waals surface area contributed by atoms with Crippen molar-refractivity contribution in [1.29, 1.82) is 0 Å². The SMILES string of the molecule is C=CCN1C(=O)C(Nc2ccc(C)c(C)c2)=C(c2ccc(OCCC)cc2)C1=O. The van der Waals surface area contributed by atoms with Crippen molar-refractivity contribution in [1.82, 2.24) is 4.90 Å². The Hall–Kier alpha value is -3.34. The molecule has 3 rings (SSSR count). The second-order valence-electron chi connectivity index (χ2n) is 7.06. The summed E-state index contributed by atoms with van der Waals surface area (Å²) in [5.41, 5.74) is 4.35. The minimum atomic E-state index is -0.352. The molecule has 29 heavy (non-hydrogen) atoms. The highest BCUT2D eigenvalue weighted by Crippen LogP contribution is 2.31. The molecule has 1 heterocycles. The van der Waals surface area contributed by atoms with Gasteiger partial charge in [-0.2, -0.15) is 0 Å². The number of amides is 2. The van der Waals surface area contributed by atoms with Gasteiger partial charge in [-0.25, -0.2) is 0 Å². The molecule has 0 atom stereocenters. The van der Waals surface area contributed by atoms with Crippen LogP contribution in [0, 0.1) is 13.8 Å². The van der Waals surface area contributed by atoms with Crippen molar-refractivity contribution in [3.05, 3.63) is 77.5 Å². The summed E-state index contributed by atoms with van der Waals surface area (Å²) in [5, 5.41) is 3.18. The standard InChI is InChI=1S/C24H26N2O3/c1-5-13-26-23(27)21(18-8-11-20(12-9-18)29-14-6-2)22(24(26)28)25-19-10-7-16(3)17(4)15-19/h5,7-12,15,25H,1,6,13-14H2,2-4H3. The Labute approximate surface area is 171 Å². The second-order valence-corrected chi connectivity index (χ2v) is 7.06. The Balaban J connectivity index is 2.00. The number of aryl methyl sites for hydroxylation is 2. The molecule has 5 heteroatoms. The number of ether oxygens (including phenoxy) is 1. The molecule has 0 bridgehead atoms. The first kappa shape index (κ1) is 20.4. The second kappa shape index (κ2) is 8.78. The van der Waals surface area contributed by atoms with Crippen LogP contribution >= 0.6 is 0 Å². The molecule has 1 aliphatic heterocycles. The Morgan fingerprint density at radius 1 is 1.03 bits per heavy atom. The van der Waals surface area contributed by atoms with Crippen LogP contribution in [-0.2, 0) is 9.59 Å². The van der Waals surface area contributed by atoms with Crippen LogP contribution in [0.25, 0.3) is 5.57 Å². The van der Waals surface area contributed by atoms with Crippen LogP contribution in [-0.4, -0.2) is 29.9 Å². The molecule has 2 aromatic carbocycles. The summed E-state index contributed by atoms with van der Waals surface area (Å²) in [5.74, 6) is 0.0532. The molecule has 0 saturated heterocycles. The molecule has 1 aliphatic rings. The number of hydrogen-bond acceptors (Lipinski definition) is 4. The monoisotopic (exact) mass is 390 g/mol. The van der Waals surface area contributed by atoms with Crippen molar-refractivity contribution < 1.29 is 14.3 Å². The Morgan fingerprint density at radius 2 is 1.76 bits per heavy atom. The highest BCUT2D eigenvalue weighted by molar-refractivity contribution is 6.36. The number of carbonyl (C=O) groups excluding carboxylic acids is 2. The molecule has 0 unspecified atom stereocenters. The fraction of sp³-hybridized carbons (Fsp3) is 0.250. The van der Waals surface area contributed by atoms with Gasteiger partial charge in [0.25, 0.3) is 11.8 Å². The Morgan fingerprint density at radius 3 is 2.38 bits per heavy atom. The van der Waals surface area contributed by atoms with Crippen molar-refractivity contribution in [3.63, 3.8) is 0 Å². The predicted octanol–water partition coefficient (Wildman–Crippen LogP) is 4.47. The van der Waals surface area contributed by atoms with Gasteiger partial charge in [0.05, 0.1) is 12.2 Å². The van der Waals surface area contributed by atoms with Crippen LogP contribution < -0.4 is 10.1 Å². The molecule has 0 radical (unpaired) electrons. The van der Waals surface area contributed by atoms with Crippen molar-refractivity contribution in [2.75, 3.05) is 18.5 Å². The number of imide groups is 1. The van der Waals surface area contributed by atoms with Gasteiger partial charge in [-0.15, -0.1) is 6.58 Å². The van der Waals surface area contributed by atoms with Gasteiger partial charge in [-0.05, 0) is 61.2 Å². The van der Waals surface area contributed by atoms with E-state index < -0.39 is 0 Å². The van der Waals surface area contributed by atoms with Crippen molar-refractivity contribution in [2.24, 2.45) is 0 Å². The lowest BCUT2D eigenvalue weighted by atomic mass is 10.0. The van der Waals surface area contributed by atoms with E-state index in [4.69, 9.17) is 4.74 Å². The molecule has 2 amide bonds. The highest BCUT2D eigenvalue weighted by atomic mass is 16.5. The van der Waals surface area contributed by atoms with Crippen LogP contribution in [0.2, 0.25) is 0 Å². The summed E-state index contributed by atoms with van der Waals surface area (Å²) in [6.45, 7) is 10.5. The first-order valence-electron chi connectivity index (χ1n) is 9.75. The number of hydrogen-bond donors (Lipinski definition) is 1. The molecule has 0 spiro atoms. The van der Waals surface area contributed by atoms with E-state index in [9.17, 15) is 9.59 Å². The van der Waals surface area contributed by atoms with E-state index in [1.165, 1.54) is 4.90 Å². The molecule has 0 aromatic heterocycles. The number of nitrogens with one attached hydrogen (secondary N) is 1. The fourth-order valence-electron chi connectivity index (χ4n) is 3.16. The van der Waals surface area contributed by atoms with Gasteiger partial charge in [-0.3, -0.25) is 14.5 Å². The topological polar surface area (TPSA) is 58.6 Å². The minimum Gasteiger partial charge on any atom is -0.494 e. The van der Waals surface area contributed by atoms with E-state index in [1.807, 2.05) is 63.2 Å². The van der Waals surface area contributed by atoms with Crippen LogP contribution in [0.1, 0.15) is 30.0 Å². The number of anilines is 1. The van der Waals surface area contributed by atoms with Crippen molar-refractivity contribution in [2.45, 2.75) is 27.2 Å². The van der Waals surface area contributed by atoms with E-state index in [2.05, 4.69) is 11.9 Å². The first-order valence-corrected chi connectivity index (χ1v) is 9.75. The Kier molecular flexibility index (Phi) is 6.17. The van der Waals surface area contributed by atoms with Gasteiger partial charge in [0.2, 0.25) is 0 Å². The maximum absolute atomic E-state index is 13.0. The third kappa shape index (κ3) is 4.24. The minimum absolute atomic E-state index is 0.164. The van der Waals surface area contributed by atoms with E-state index in [0.29, 0.717) is 17.7 Å². The molecule has 0 fully saturated rings. The van der Waals surface area contributed by atoms with Crippen molar-refractivity contribution in [3.8, 4) is 5.75 Å². The van der Waals surface area contributed by atoms with E-state index in [1.54, 1.807) is 6.08 Å². The van der Waals surface area contributed by atoms with Crippen LogP contribution in [0.3, 0.4) is 0 Å². The molecule has 5 nitrogen and oxygen atoms in total. The summed E-state index contributed by atoms with van der Waals surface area (Å²) in [7, 11) is 0. The van der Waals surface area contributed by atoms with Gasteiger partial charge in [0.15, 0.2) is 0 Å². The number of carbonyl (C=O) groups is 2. The smallest absolute Gasteiger partial charge is 0.278 e. The predicted molar refractivity (Wildman–Crippen MR) is 116 cm³/mol. The van der Waals surface area contributed by atoms with Gasteiger partial charge in [0, 0.05) is 12.2 Å². The average Bonchev–Trinajstić information content (AvgIpc) is 2.94. The Bertz CT molecular complexity index is 974. The maximum atomic E-state index is 13.0. The summed E-state index contributed by atoms with van der Waals surface area (Å²) in [4.78, 5) is 27.2. The van der Waals surface area contributed by atoms with Gasteiger partial charge in [-0.1, -0.05) is 31.2 Å². The third-order valence-corrected chi connectivity index (χ3v) is 4.87. The molecular formula is C24H26N2O3. The highest BCUT2D eigenvalue weighted by Gasteiger charge is 2.38. The zero-order chi connectivity index (χ0) is 21.0. The zero-order valence-corrected chi connectivity index (χ0v) is 17.1. The largest absolute Gasteiger partial charge is 0.494 e. The number of rotatable bonds is 8. The lowest BCUT2D eigenvalue weighted by Gasteiger charge is -2.13. The molecule has 0 aliphatic carbocycles. The summed E-state index contributed by atoms with van der Waals surface area (Å²) in [6, 6.07) is 13.1. The zero-order valence-electron chi connectivity index (χ0n) is 17.1. The van der Waals surface area contributed by atoms with E-state index >= 15 is 0 Å². The number of nitrogens with zero attached hydrogens (tertiary/aromatic N) is 1. The van der Waals surface area contributed by atoms with E-state index in [-0.39, 0.29) is 24.1 Å². The van der Waals surface area contributed by atoms with Gasteiger partial charge < -0.3 is 10.1 Å². The fourth-order valence-corrected chi connectivity index (χ4v) is 3.16. The molecule has 150 valence electrons. The normalized spacial score (nSPS) is 13.8. The summed E-state index contributed by atoms with van der Waals surface area (Å²) < 4.78 is 5.62. The molecule has 2 aromatic rings. The number of benzene rings is 2. The lowest BCUT2D eigenvalue weighted by molar-refractivity contribution is -0.136. The van der Waals surface area contributed by atoms with Crippen molar-refractivity contribution >= 4 is 23.1 Å². The van der Waals surface area contributed by atoms with Gasteiger partial charge in [0.1, 0.15) is 11.4 Å². The summed E-state index contributed by atoms with van der Waals surface area (Å²) in [6.07, 6.45) is 2.47. The molecule has 1 N–H and O–H groups in total. The first-order chi connectivity index (χ1) is 14.0. The maximum Gasteiger partial charge on any atom is 0.278 e. The van der Waals surface area contributed by atoms with Crippen LogP contribution in [0.5, 0.6) is 5.75 Å². The molecular weight excluding hydrogens is 364 g/mol. The van der Waals surface area contributed by atoms with Crippen LogP contribution in [0.15, 0.2) is 60.8 Å². The van der Waals surface area contributed by atoms with E-state index in [0.717, 1.165) is 29.0 Å². The summed E-state index contributed by atoms with van der Waals surface area (Å²) >= 11 is 0. The third-order valence-electron chi connectivity index (χ3n) is 4.87. The van der Waals surface area contributed by atoms with Gasteiger partial charge >= 0.3 is 0 Å². The molecule has 0 saturated carbocycles. The average molecular weight is 390 g/mol.